The third-order valence-corrected chi connectivity index (χ3v) is 8.50. The van der Waals surface area contributed by atoms with E-state index in [2.05, 4.69) is 41.5 Å². The zero-order valence-corrected chi connectivity index (χ0v) is 21.2. The molecular weight excluding hydrogens is 464 g/mol. The van der Waals surface area contributed by atoms with Crippen LogP contribution >= 0.6 is 0 Å². The normalized spacial score (nSPS) is 15.0. The number of carbonyl (C=O) groups excluding carboxylic acids is 1. The number of nitrogens with one attached hydrogen (secondary N) is 1. The number of amides is 1. The summed E-state index contributed by atoms with van der Waals surface area (Å²) in [5.41, 5.74) is 2.59. The summed E-state index contributed by atoms with van der Waals surface area (Å²) in [5.74, 6) is 0.400. The fourth-order valence-corrected chi connectivity index (χ4v) is 5.74. The highest BCUT2D eigenvalue weighted by molar-refractivity contribution is 7.89. The average Bonchev–Trinajstić information content (AvgIpc) is 3.31. The Kier molecular flexibility index (Phi) is 7.66. The van der Waals surface area contributed by atoms with E-state index in [1.807, 2.05) is 12.1 Å². The van der Waals surface area contributed by atoms with Crippen LogP contribution in [0.4, 0.5) is 6.01 Å². The molecular formula is C26H32N4O4S. The number of benzene rings is 2. The van der Waals surface area contributed by atoms with Crippen LogP contribution in [-0.2, 0) is 16.4 Å². The molecule has 1 aliphatic carbocycles. The second-order valence-corrected chi connectivity index (χ2v) is 11.4. The lowest BCUT2D eigenvalue weighted by molar-refractivity contribution is 0.102. The number of aromatic nitrogens is 2. The van der Waals surface area contributed by atoms with Gasteiger partial charge in [-0.25, -0.2) is 8.42 Å². The summed E-state index contributed by atoms with van der Waals surface area (Å²) in [7, 11) is -1.98. The van der Waals surface area contributed by atoms with Crippen molar-refractivity contribution in [2.45, 2.75) is 69.2 Å². The molecule has 35 heavy (non-hydrogen) atoms. The molecule has 4 rings (SSSR count). The van der Waals surface area contributed by atoms with Crippen LogP contribution in [0.3, 0.4) is 0 Å². The van der Waals surface area contributed by atoms with Gasteiger partial charge in [0.25, 0.3) is 5.91 Å². The summed E-state index contributed by atoms with van der Waals surface area (Å²) >= 11 is 0. The number of anilines is 1. The third kappa shape index (κ3) is 5.97. The molecule has 0 bridgehead atoms. The Labute approximate surface area is 206 Å². The van der Waals surface area contributed by atoms with Crippen LogP contribution in [-0.4, -0.2) is 41.9 Å². The fourth-order valence-electron chi connectivity index (χ4n) is 4.33. The van der Waals surface area contributed by atoms with E-state index in [1.54, 1.807) is 7.05 Å². The molecule has 0 radical (unpaired) electrons. The Balaban J connectivity index is 1.37. The van der Waals surface area contributed by atoms with Gasteiger partial charge in [-0.05, 0) is 54.2 Å². The van der Waals surface area contributed by atoms with Crippen LogP contribution in [0, 0.1) is 0 Å². The minimum absolute atomic E-state index is 0.00229. The van der Waals surface area contributed by atoms with Gasteiger partial charge in [-0.15, -0.1) is 5.10 Å². The van der Waals surface area contributed by atoms with Gasteiger partial charge in [0.2, 0.25) is 15.9 Å². The maximum Gasteiger partial charge on any atom is 0.322 e. The van der Waals surface area contributed by atoms with Crippen LogP contribution in [0.25, 0.3) is 0 Å². The minimum Gasteiger partial charge on any atom is -0.407 e. The molecule has 1 aliphatic rings. The van der Waals surface area contributed by atoms with Gasteiger partial charge in [0, 0.05) is 18.7 Å². The lowest BCUT2D eigenvalue weighted by Gasteiger charge is -2.30. The zero-order valence-electron chi connectivity index (χ0n) is 20.4. The second kappa shape index (κ2) is 10.7. The van der Waals surface area contributed by atoms with E-state index in [9.17, 15) is 13.2 Å². The molecule has 1 aromatic heterocycles. The first-order valence-corrected chi connectivity index (χ1v) is 13.5. The average molecular weight is 497 g/mol. The molecule has 2 aromatic carbocycles. The zero-order chi connectivity index (χ0) is 25.0. The predicted octanol–water partition coefficient (Wildman–Crippen LogP) is 4.99. The van der Waals surface area contributed by atoms with Crippen LogP contribution in [0.1, 0.15) is 79.2 Å². The van der Waals surface area contributed by atoms with Gasteiger partial charge in [-0.2, -0.15) is 4.31 Å². The van der Waals surface area contributed by atoms with Gasteiger partial charge in [0.05, 0.1) is 11.3 Å². The third-order valence-electron chi connectivity index (χ3n) is 6.57. The number of sulfonamides is 1. The number of hydrogen-bond donors (Lipinski definition) is 1. The number of carbonyl (C=O) groups is 1. The maximum absolute atomic E-state index is 13.0. The quantitative estimate of drug-likeness (QED) is 0.471. The highest BCUT2D eigenvalue weighted by Gasteiger charge is 2.29. The van der Waals surface area contributed by atoms with Crippen LogP contribution in [0.5, 0.6) is 0 Å². The van der Waals surface area contributed by atoms with E-state index in [4.69, 9.17) is 4.42 Å². The van der Waals surface area contributed by atoms with Crippen molar-refractivity contribution in [3.05, 3.63) is 71.1 Å². The van der Waals surface area contributed by atoms with Gasteiger partial charge in [0.1, 0.15) is 0 Å². The van der Waals surface area contributed by atoms with Crippen molar-refractivity contribution in [1.82, 2.24) is 14.5 Å². The lowest BCUT2D eigenvalue weighted by Crippen LogP contribution is -2.38. The van der Waals surface area contributed by atoms with Crippen molar-refractivity contribution in [1.29, 1.82) is 0 Å². The smallest absolute Gasteiger partial charge is 0.322 e. The standard InChI is InChI=1S/C26H32N4O4S/c1-18(2)20-11-9-19(10-12-20)17-24-28-29-26(34-24)27-25(31)21-13-15-23(16-14-21)35(32,33)30(3)22-7-5-4-6-8-22/h9-16,18,22H,4-8,17H2,1-3H3,(H,27,29,31). The molecule has 0 saturated heterocycles. The number of nitrogens with zero attached hydrogens (tertiary/aromatic N) is 3. The monoisotopic (exact) mass is 496 g/mol. The Hall–Kier alpha value is -3.04. The highest BCUT2D eigenvalue weighted by Crippen LogP contribution is 2.26. The van der Waals surface area contributed by atoms with Gasteiger partial charge < -0.3 is 4.42 Å². The van der Waals surface area contributed by atoms with E-state index in [-0.39, 0.29) is 17.0 Å². The van der Waals surface area contributed by atoms with Crippen molar-refractivity contribution in [3.8, 4) is 0 Å². The minimum atomic E-state index is -3.61. The molecule has 0 unspecified atom stereocenters. The molecule has 0 atom stereocenters. The molecule has 8 nitrogen and oxygen atoms in total. The van der Waals surface area contributed by atoms with E-state index in [0.29, 0.717) is 23.8 Å². The summed E-state index contributed by atoms with van der Waals surface area (Å²) in [6.45, 7) is 4.29. The lowest BCUT2D eigenvalue weighted by atomic mass is 9.96. The topological polar surface area (TPSA) is 105 Å². The highest BCUT2D eigenvalue weighted by atomic mass is 32.2. The Bertz CT molecular complexity index is 1250. The van der Waals surface area contributed by atoms with Gasteiger partial charge in [-0.3, -0.25) is 10.1 Å². The summed E-state index contributed by atoms with van der Waals surface area (Å²) in [6, 6.07) is 14.1. The van der Waals surface area contributed by atoms with Crippen molar-refractivity contribution >= 4 is 21.9 Å². The fraction of sp³-hybridized carbons (Fsp3) is 0.423. The number of rotatable bonds is 8. The molecule has 1 N–H and O–H groups in total. The predicted molar refractivity (Wildman–Crippen MR) is 134 cm³/mol. The van der Waals surface area contributed by atoms with Crippen molar-refractivity contribution < 1.29 is 17.6 Å². The second-order valence-electron chi connectivity index (χ2n) is 9.37. The SMILES string of the molecule is CC(C)c1ccc(Cc2nnc(NC(=O)c3ccc(S(=O)(=O)N(C)C4CCCCC4)cc3)o2)cc1. The molecule has 1 fully saturated rings. The number of hydrogen-bond acceptors (Lipinski definition) is 6. The summed E-state index contributed by atoms with van der Waals surface area (Å²) < 4.78 is 33.0. The largest absolute Gasteiger partial charge is 0.407 e. The van der Waals surface area contributed by atoms with Crippen LogP contribution < -0.4 is 5.32 Å². The van der Waals surface area contributed by atoms with Crippen LogP contribution in [0.2, 0.25) is 0 Å². The first-order valence-electron chi connectivity index (χ1n) is 12.0. The molecule has 1 amide bonds. The van der Waals surface area contributed by atoms with E-state index < -0.39 is 15.9 Å². The van der Waals surface area contributed by atoms with E-state index in [1.165, 1.54) is 34.1 Å². The molecule has 1 saturated carbocycles. The van der Waals surface area contributed by atoms with Crippen molar-refractivity contribution in [2.75, 3.05) is 12.4 Å². The summed E-state index contributed by atoms with van der Waals surface area (Å²) in [5, 5.41) is 10.5. The van der Waals surface area contributed by atoms with Crippen molar-refractivity contribution in [3.63, 3.8) is 0 Å². The van der Waals surface area contributed by atoms with Crippen LogP contribution in [0.15, 0.2) is 57.8 Å². The Morgan fingerprint density at radius 3 is 2.31 bits per heavy atom. The van der Waals surface area contributed by atoms with Gasteiger partial charge >= 0.3 is 6.01 Å². The van der Waals surface area contributed by atoms with E-state index in [0.717, 1.165) is 37.7 Å². The molecule has 186 valence electrons. The Morgan fingerprint density at radius 1 is 1.03 bits per heavy atom. The first-order chi connectivity index (χ1) is 16.7. The van der Waals surface area contributed by atoms with Gasteiger partial charge in [-0.1, -0.05) is 62.5 Å². The summed E-state index contributed by atoms with van der Waals surface area (Å²) in [4.78, 5) is 12.8. The summed E-state index contributed by atoms with van der Waals surface area (Å²) in [6.07, 6.45) is 5.47. The molecule has 3 aromatic rings. The first kappa shape index (κ1) is 25.1. The molecule has 9 heteroatoms. The molecule has 0 spiro atoms. The molecule has 0 aliphatic heterocycles. The van der Waals surface area contributed by atoms with E-state index >= 15 is 0 Å². The maximum atomic E-state index is 13.0. The Morgan fingerprint density at radius 2 is 1.69 bits per heavy atom. The van der Waals surface area contributed by atoms with Gasteiger partial charge in [0.15, 0.2) is 0 Å². The van der Waals surface area contributed by atoms with Crippen molar-refractivity contribution in [2.24, 2.45) is 0 Å². The molecule has 1 heterocycles.